The third-order valence-electron chi connectivity index (χ3n) is 8.03. The predicted molar refractivity (Wildman–Crippen MR) is 180 cm³/mol. The normalized spacial score (nSPS) is 13.6. The third kappa shape index (κ3) is 7.18. The number of rotatable bonds is 9. The molecule has 11 heteroatoms. The van der Waals surface area contributed by atoms with Crippen molar-refractivity contribution in [2.75, 3.05) is 38.6 Å². The van der Waals surface area contributed by atoms with E-state index in [1.54, 1.807) is 31.4 Å². The number of hydrogen-bond acceptors (Lipinski definition) is 6. The van der Waals surface area contributed by atoms with Gasteiger partial charge in [0.1, 0.15) is 11.4 Å². The van der Waals surface area contributed by atoms with Crippen molar-refractivity contribution in [1.29, 1.82) is 0 Å². The number of carbonyl (C=O) groups excluding carboxylic acids is 2. The maximum absolute atomic E-state index is 13.6. The van der Waals surface area contributed by atoms with Crippen molar-refractivity contribution in [2.45, 2.75) is 13.2 Å². The number of benzene rings is 3. The lowest BCUT2D eigenvalue weighted by Crippen LogP contribution is -2.48. The number of nitrogens with one attached hydrogen (secondary N) is 1. The summed E-state index contributed by atoms with van der Waals surface area (Å²) in [4.78, 5) is 34.8. The molecule has 0 saturated carbocycles. The summed E-state index contributed by atoms with van der Waals surface area (Å²) in [7, 11) is 3.60. The second-order valence-corrected chi connectivity index (χ2v) is 12.0. The van der Waals surface area contributed by atoms with E-state index in [9.17, 15) is 9.59 Å². The molecular formula is C35H33Cl2N5O4. The van der Waals surface area contributed by atoms with E-state index in [1.807, 2.05) is 40.8 Å². The fourth-order valence-corrected chi connectivity index (χ4v) is 5.79. The van der Waals surface area contributed by atoms with Gasteiger partial charge in [-0.25, -0.2) is 4.98 Å². The molecule has 3 aromatic carbocycles. The van der Waals surface area contributed by atoms with Gasteiger partial charge in [-0.15, -0.1) is 0 Å². The van der Waals surface area contributed by atoms with Crippen LogP contribution in [0.4, 0.5) is 5.69 Å². The number of fused-ring (bicyclic) bond motifs is 1. The largest absolute Gasteiger partial charge is 0.439 e. The number of ether oxygens (including phenoxy) is 2. The Bertz CT molecular complexity index is 1870. The molecular weight excluding hydrogens is 625 g/mol. The Morgan fingerprint density at radius 1 is 0.870 bits per heavy atom. The van der Waals surface area contributed by atoms with Crippen molar-refractivity contribution < 1.29 is 19.1 Å². The molecule has 9 nitrogen and oxygen atoms in total. The van der Waals surface area contributed by atoms with E-state index in [1.165, 1.54) is 17.8 Å². The molecule has 0 aliphatic carbocycles. The van der Waals surface area contributed by atoms with Crippen LogP contribution >= 0.6 is 23.2 Å². The van der Waals surface area contributed by atoms with Gasteiger partial charge < -0.3 is 24.3 Å². The van der Waals surface area contributed by atoms with Crippen molar-refractivity contribution >= 4 is 51.6 Å². The summed E-state index contributed by atoms with van der Waals surface area (Å²) in [5.74, 6) is 0.627. The van der Waals surface area contributed by atoms with Crippen molar-refractivity contribution in [3.8, 4) is 11.6 Å². The first-order chi connectivity index (χ1) is 22.3. The summed E-state index contributed by atoms with van der Waals surface area (Å²) in [5.41, 5.74) is 4.80. The number of nitrogens with zero attached hydrogens (tertiary/aromatic N) is 4. The smallest absolute Gasteiger partial charge is 0.270 e. The number of hydrogen-bond donors (Lipinski definition) is 1. The molecule has 2 aromatic heterocycles. The van der Waals surface area contributed by atoms with Crippen molar-refractivity contribution in [3.63, 3.8) is 0 Å². The molecule has 1 fully saturated rings. The zero-order chi connectivity index (χ0) is 32.2. The molecule has 1 saturated heterocycles. The molecule has 5 aromatic rings. The maximum atomic E-state index is 13.6. The number of carbonyl (C=O) groups is 2. The Kier molecular flexibility index (Phi) is 9.56. The zero-order valence-corrected chi connectivity index (χ0v) is 27.0. The molecule has 46 heavy (non-hydrogen) atoms. The number of anilines is 1. The number of aromatic nitrogens is 2. The molecule has 0 atom stereocenters. The van der Waals surface area contributed by atoms with Gasteiger partial charge in [0, 0.05) is 70.0 Å². The van der Waals surface area contributed by atoms with Gasteiger partial charge in [0.2, 0.25) is 5.88 Å². The first-order valence-corrected chi connectivity index (χ1v) is 15.6. The second-order valence-electron chi connectivity index (χ2n) is 11.2. The van der Waals surface area contributed by atoms with Gasteiger partial charge in [0.25, 0.3) is 11.8 Å². The summed E-state index contributed by atoms with van der Waals surface area (Å²) in [6.07, 6.45) is 1.51. The fraction of sp³-hybridized carbons (Fsp3) is 0.229. The van der Waals surface area contributed by atoms with Gasteiger partial charge >= 0.3 is 0 Å². The van der Waals surface area contributed by atoms with Crippen LogP contribution in [0, 0.1) is 0 Å². The Morgan fingerprint density at radius 3 is 2.33 bits per heavy atom. The van der Waals surface area contributed by atoms with Crippen LogP contribution in [-0.4, -0.2) is 64.5 Å². The lowest BCUT2D eigenvalue weighted by Gasteiger charge is -2.34. The van der Waals surface area contributed by atoms with E-state index in [0.29, 0.717) is 58.3 Å². The van der Waals surface area contributed by atoms with Gasteiger partial charge in [-0.05, 0) is 53.6 Å². The van der Waals surface area contributed by atoms with Crippen LogP contribution in [0.15, 0.2) is 85.1 Å². The summed E-state index contributed by atoms with van der Waals surface area (Å²) in [5, 5.41) is 4.41. The molecule has 1 aliphatic heterocycles. The molecule has 0 spiro atoms. The van der Waals surface area contributed by atoms with Gasteiger partial charge in [-0.2, -0.15) is 0 Å². The minimum absolute atomic E-state index is 0.0184. The Labute approximate surface area is 277 Å². The minimum atomic E-state index is -0.334. The highest BCUT2D eigenvalue weighted by atomic mass is 35.5. The maximum Gasteiger partial charge on any atom is 0.270 e. The Balaban J connectivity index is 1.06. The van der Waals surface area contributed by atoms with Crippen molar-refractivity contribution in [3.05, 3.63) is 117 Å². The monoisotopic (exact) mass is 657 g/mol. The van der Waals surface area contributed by atoms with Crippen LogP contribution in [0.3, 0.4) is 0 Å². The summed E-state index contributed by atoms with van der Waals surface area (Å²) in [6.45, 7) is 4.45. The van der Waals surface area contributed by atoms with Crippen LogP contribution in [-0.2, 0) is 24.9 Å². The molecule has 1 N–H and O–H groups in total. The minimum Gasteiger partial charge on any atom is -0.439 e. The van der Waals surface area contributed by atoms with Gasteiger partial charge in [0.15, 0.2) is 0 Å². The van der Waals surface area contributed by atoms with E-state index in [2.05, 4.69) is 39.5 Å². The first-order valence-electron chi connectivity index (χ1n) is 14.9. The topological polar surface area (TPSA) is 88.9 Å². The summed E-state index contributed by atoms with van der Waals surface area (Å²) < 4.78 is 13.1. The van der Waals surface area contributed by atoms with Crippen LogP contribution in [0.5, 0.6) is 11.6 Å². The van der Waals surface area contributed by atoms with E-state index in [-0.39, 0.29) is 11.8 Å². The number of methoxy groups -OCH3 is 1. The number of aryl methyl sites for hydroxylation is 1. The SMILES string of the molecule is COCc1ccc(CN2CCN(C(=O)c3cc4ccc(Oc5ccc(NC(=O)c6ccc(Cl)c(Cl)c6)cn5)cc4n3C)CC2)cc1. The van der Waals surface area contributed by atoms with Gasteiger partial charge in [0.05, 0.1) is 34.1 Å². The molecule has 2 amide bonds. The highest BCUT2D eigenvalue weighted by Gasteiger charge is 2.25. The lowest BCUT2D eigenvalue weighted by molar-refractivity contribution is 0.0619. The van der Waals surface area contributed by atoms with E-state index >= 15 is 0 Å². The summed E-state index contributed by atoms with van der Waals surface area (Å²) in [6, 6.07) is 24.1. The number of pyridine rings is 1. The Morgan fingerprint density at radius 2 is 1.63 bits per heavy atom. The zero-order valence-electron chi connectivity index (χ0n) is 25.5. The molecule has 236 valence electrons. The van der Waals surface area contributed by atoms with Crippen LogP contribution in [0.1, 0.15) is 32.0 Å². The number of amides is 2. The van der Waals surface area contributed by atoms with Crippen molar-refractivity contribution in [1.82, 2.24) is 19.4 Å². The van der Waals surface area contributed by atoms with Gasteiger partial charge in [-0.3, -0.25) is 14.5 Å². The highest BCUT2D eigenvalue weighted by molar-refractivity contribution is 6.42. The first kappa shape index (κ1) is 31.6. The van der Waals surface area contributed by atoms with Crippen LogP contribution < -0.4 is 10.1 Å². The number of halogens is 2. The predicted octanol–water partition coefficient (Wildman–Crippen LogP) is 7.03. The average molecular weight is 659 g/mol. The third-order valence-corrected chi connectivity index (χ3v) is 8.77. The molecule has 3 heterocycles. The van der Waals surface area contributed by atoms with Crippen molar-refractivity contribution in [2.24, 2.45) is 7.05 Å². The molecule has 0 bridgehead atoms. The van der Waals surface area contributed by atoms with Crippen LogP contribution in [0.2, 0.25) is 10.0 Å². The van der Waals surface area contributed by atoms with Gasteiger partial charge in [-0.1, -0.05) is 47.5 Å². The Hall–Kier alpha value is -4.41. The van der Waals surface area contributed by atoms with E-state index in [4.69, 9.17) is 32.7 Å². The summed E-state index contributed by atoms with van der Waals surface area (Å²) >= 11 is 12.0. The fourth-order valence-electron chi connectivity index (χ4n) is 5.49. The number of piperazine rings is 1. The second kappa shape index (κ2) is 13.9. The average Bonchev–Trinajstić information content (AvgIpc) is 3.39. The lowest BCUT2D eigenvalue weighted by atomic mass is 10.1. The molecule has 1 aliphatic rings. The molecule has 0 radical (unpaired) electrons. The highest BCUT2D eigenvalue weighted by Crippen LogP contribution is 2.28. The molecule has 0 unspecified atom stereocenters. The van der Waals surface area contributed by atoms with E-state index < -0.39 is 0 Å². The van der Waals surface area contributed by atoms with E-state index in [0.717, 1.165) is 36.1 Å². The molecule has 6 rings (SSSR count). The quantitative estimate of drug-likeness (QED) is 0.183. The van der Waals surface area contributed by atoms with Crippen LogP contribution in [0.25, 0.3) is 10.9 Å². The standard InChI is InChI=1S/C35H33Cl2N5O4/c1-40-31-19-28(46-33-12-9-27(20-38-33)39-34(43)26-8-11-29(36)30(37)17-26)10-7-25(31)18-32(40)35(44)42-15-13-41(14-16-42)21-23-3-5-24(6-4-23)22-45-2/h3-12,17-20H,13-16,21-22H2,1-2H3,(H,39,43).